The Morgan fingerprint density at radius 1 is 1.22 bits per heavy atom. The average molecular weight is 396 g/mol. The molecule has 0 aliphatic heterocycles. The lowest BCUT2D eigenvalue weighted by atomic mass is 9.88. The molecule has 4 nitrogen and oxygen atoms in total. The molecule has 0 saturated carbocycles. The van der Waals surface area contributed by atoms with E-state index in [9.17, 15) is 8.42 Å². The summed E-state index contributed by atoms with van der Waals surface area (Å²) in [5.41, 5.74) is 2.28. The van der Waals surface area contributed by atoms with Crippen LogP contribution in [0.1, 0.15) is 30.0 Å². The van der Waals surface area contributed by atoms with Gasteiger partial charge >= 0.3 is 0 Å². The van der Waals surface area contributed by atoms with Crippen molar-refractivity contribution < 1.29 is 13.2 Å². The second-order valence-corrected chi connectivity index (χ2v) is 8.16. The molecule has 0 spiro atoms. The minimum atomic E-state index is -3.67. The number of methoxy groups -OCH3 is 1. The summed E-state index contributed by atoms with van der Waals surface area (Å²) < 4.78 is 34.4. The SMILES string of the molecule is COc1ccc(Br)cc1S(=O)(=O)N[C@@H]1CCCc2ccccc21. The molecule has 1 aliphatic rings. The number of ether oxygens (including phenoxy) is 1. The standard InChI is InChI=1S/C17H18BrNO3S/c1-22-16-10-9-13(18)11-17(16)23(20,21)19-15-8-4-6-12-5-2-3-7-14(12)15/h2-3,5,7,9-11,15,19H,4,6,8H2,1H3/t15-/m1/s1. The molecular weight excluding hydrogens is 378 g/mol. The predicted molar refractivity (Wildman–Crippen MR) is 93.1 cm³/mol. The van der Waals surface area contributed by atoms with Gasteiger partial charge in [-0.15, -0.1) is 0 Å². The van der Waals surface area contributed by atoms with Gasteiger partial charge in [-0.05, 0) is 48.6 Å². The maximum atomic E-state index is 12.8. The van der Waals surface area contributed by atoms with E-state index < -0.39 is 10.0 Å². The second-order valence-electron chi connectivity index (χ2n) is 5.56. The summed E-state index contributed by atoms with van der Waals surface area (Å²) in [7, 11) is -2.20. The number of halogens is 1. The van der Waals surface area contributed by atoms with E-state index in [1.807, 2.05) is 18.2 Å². The molecule has 1 atom stereocenters. The van der Waals surface area contributed by atoms with E-state index in [1.54, 1.807) is 18.2 Å². The lowest BCUT2D eigenvalue weighted by Crippen LogP contribution is -2.31. The molecule has 1 aliphatic carbocycles. The number of hydrogen-bond acceptors (Lipinski definition) is 3. The van der Waals surface area contributed by atoms with Crippen molar-refractivity contribution in [3.63, 3.8) is 0 Å². The van der Waals surface area contributed by atoms with Crippen molar-refractivity contribution >= 4 is 26.0 Å². The van der Waals surface area contributed by atoms with Gasteiger partial charge in [-0.25, -0.2) is 13.1 Å². The van der Waals surface area contributed by atoms with Crippen LogP contribution in [0.15, 0.2) is 51.8 Å². The molecule has 0 aromatic heterocycles. The Bertz CT molecular complexity index is 820. The van der Waals surface area contributed by atoms with Crippen LogP contribution in [0.5, 0.6) is 5.75 Å². The highest BCUT2D eigenvalue weighted by Gasteiger charge is 2.27. The zero-order chi connectivity index (χ0) is 16.4. The van der Waals surface area contributed by atoms with Gasteiger partial charge in [0.15, 0.2) is 0 Å². The van der Waals surface area contributed by atoms with Crippen LogP contribution in [0, 0.1) is 0 Å². The molecular formula is C17H18BrNO3S. The maximum Gasteiger partial charge on any atom is 0.244 e. The molecule has 1 N–H and O–H groups in total. The fraction of sp³-hybridized carbons (Fsp3) is 0.294. The van der Waals surface area contributed by atoms with Crippen LogP contribution in [0.4, 0.5) is 0 Å². The smallest absolute Gasteiger partial charge is 0.244 e. The third-order valence-corrected chi connectivity index (χ3v) is 6.07. The number of aryl methyl sites for hydroxylation is 1. The minimum absolute atomic E-state index is 0.150. The fourth-order valence-corrected chi connectivity index (χ4v) is 4.94. The van der Waals surface area contributed by atoms with E-state index in [4.69, 9.17) is 4.74 Å². The van der Waals surface area contributed by atoms with Gasteiger partial charge in [0.2, 0.25) is 10.0 Å². The molecule has 0 unspecified atom stereocenters. The van der Waals surface area contributed by atoms with Crippen molar-refractivity contribution in [2.75, 3.05) is 7.11 Å². The first-order valence-electron chi connectivity index (χ1n) is 7.45. The van der Waals surface area contributed by atoms with E-state index in [0.29, 0.717) is 10.2 Å². The van der Waals surface area contributed by atoms with Gasteiger partial charge in [0.05, 0.1) is 7.11 Å². The van der Waals surface area contributed by atoms with Crippen LogP contribution < -0.4 is 9.46 Å². The van der Waals surface area contributed by atoms with Gasteiger partial charge < -0.3 is 4.74 Å². The lowest BCUT2D eigenvalue weighted by Gasteiger charge is -2.26. The number of fused-ring (bicyclic) bond motifs is 1. The normalized spacial score (nSPS) is 17.6. The van der Waals surface area contributed by atoms with Crippen molar-refractivity contribution in [1.82, 2.24) is 4.72 Å². The van der Waals surface area contributed by atoms with Crippen LogP contribution >= 0.6 is 15.9 Å². The summed E-state index contributed by atoms with van der Waals surface area (Å²) in [6, 6.07) is 12.8. The summed E-state index contributed by atoms with van der Waals surface area (Å²) in [5, 5.41) is 0. The van der Waals surface area contributed by atoms with Gasteiger partial charge in [-0.3, -0.25) is 0 Å². The Balaban J connectivity index is 1.96. The first-order valence-corrected chi connectivity index (χ1v) is 9.72. The van der Waals surface area contributed by atoms with Gasteiger partial charge in [0.1, 0.15) is 10.6 Å². The summed E-state index contributed by atoms with van der Waals surface area (Å²) in [5.74, 6) is 0.338. The number of rotatable bonds is 4. The highest BCUT2D eigenvalue weighted by molar-refractivity contribution is 9.10. The summed E-state index contributed by atoms with van der Waals surface area (Å²) >= 11 is 3.32. The molecule has 122 valence electrons. The molecule has 0 radical (unpaired) electrons. The Labute approximate surface area is 145 Å². The van der Waals surface area contributed by atoms with Crippen LogP contribution in [0.25, 0.3) is 0 Å². The van der Waals surface area contributed by atoms with Gasteiger partial charge in [0, 0.05) is 10.5 Å². The van der Waals surface area contributed by atoms with Crippen molar-refractivity contribution in [3.8, 4) is 5.75 Å². The maximum absolute atomic E-state index is 12.8. The lowest BCUT2D eigenvalue weighted by molar-refractivity contribution is 0.401. The van der Waals surface area contributed by atoms with Crippen molar-refractivity contribution in [3.05, 3.63) is 58.1 Å². The van der Waals surface area contributed by atoms with Gasteiger partial charge in [0.25, 0.3) is 0 Å². The average Bonchev–Trinajstić information content (AvgIpc) is 2.55. The van der Waals surface area contributed by atoms with Crippen molar-refractivity contribution in [1.29, 1.82) is 0 Å². The quantitative estimate of drug-likeness (QED) is 0.855. The summed E-state index contributed by atoms with van der Waals surface area (Å²) in [6.45, 7) is 0. The van der Waals surface area contributed by atoms with E-state index in [1.165, 1.54) is 12.7 Å². The zero-order valence-corrected chi connectivity index (χ0v) is 15.2. The van der Waals surface area contributed by atoms with Crippen molar-refractivity contribution in [2.45, 2.75) is 30.2 Å². The largest absolute Gasteiger partial charge is 0.495 e. The topological polar surface area (TPSA) is 55.4 Å². The van der Waals surface area contributed by atoms with Crippen LogP contribution in [0.2, 0.25) is 0 Å². The summed E-state index contributed by atoms with van der Waals surface area (Å²) in [6.07, 6.45) is 2.76. The first-order chi connectivity index (χ1) is 11.0. The van der Waals surface area contributed by atoms with Crippen molar-refractivity contribution in [2.24, 2.45) is 0 Å². The number of sulfonamides is 1. The van der Waals surface area contributed by atoms with Crippen LogP contribution in [-0.4, -0.2) is 15.5 Å². The first kappa shape index (κ1) is 16.5. The molecule has 23 heavy (non-hydrogen) atoms. The molecule has 2 aromatic rings. The molecule has 0 fully saturated rings. The van der Waals surface area contributed by atoms with E-state index in [-0.39, 0.29) is 10.9 Å². The molecule has 3 rings (SSSR count). The minimum Gasteiger partial charge on any atom is -0.495 e. The molecule has 0 heterocycles. The molecule has 6 heteroatoms. The third-order valence-electron chi connectivity index (χ3n) is 4.08. The fourth-order valence-electron chi connectivity index (χ4n) is 2.99. The highest BCUT2D eigenvalue weighted by Crippen LogP contribution is 2.33. The Morgan fingerprint density at radius 3 is 2.78 bits per heavy atom. The van der Waals surface area contributed by atoms with Crippen LogP contribution in [-0.2, 0) is 16.4 Å². The molecule has 0 saturated heterocycles. The predicted octanol–water partition coefficient (Wildman–Crippen LogP) is 3.81. The monoisotopic (exact) mass is 395 g/mol. The number of benzene rings is 2. The van der Waals surface area contributed by atoms with E-state index >= 15 is 0 Å². The van der Waals surface area contributed by atoms with Gasteiger partial charge in [-0.1, -0.05) is 40.2 Å². The molecule has 2 aromatic carbocycles. The molecule has 0 bridgehead atoms. The Morgan fingerprint density at radius 2 is 2.00 bits per heavy atom. The highest BCUT2D eigenvalue weighted by atomic mass is 79.9. The van der Waals surface area contributed by atoms with Gasteiger partial charge in [-0.2, -0.15) is 0 Å². The van der Waals surface area contributed by atoms with E-state index in [2.05, 4.69) is 26.7 Å². The molecule has 0 amide bonds. The number of nitrogens with one attached hydrogen (secondary N) is 1. The van der Waals surface area contributed by atoms with Crippen LogP contribution in [0.3, 0.4) is 0 Å². The van der Waals surface area contributed by atoms with E-state index in [0.717, 1.165) is 24.8 Å². The Hall–Kier alpha value is -1.37. The third kappa shape index (κ3) is 3.44. The Kier molecular flexibility index (Phi) is 4.75. The second kappa shape index (κ2) is 6.63. The summed E-state index contributed by atoms with van der Waals surface area (Å²) in [4.78, 5) is 0.150. The zero-order valence-electron chi connectivity index (χ0n) is 12.8. The number of hydrogen-bond donors (Lipinski definition) is 1.